The van der Waals surface area contributed by atoms with E-state index in [0.717, 1.165) is 26.2 Å². The van der Waals surface area contributed by atoms with Crippen molar-refractivity contribution in [2.45, 2.75) is 0 Å². The second-order valence-corrected chi connectivity index (χ2v) is 4.92. The molecule has 0 bridgehead atoms. The lowest BCUT2D eigenvalue weighted by Crippen LogP contribution is -2.39. The number of hydrogen-bond donors (Lipinski definition) is 2. The van der Waals surface area contributed by atoms with E-state index in [9.17, 15) is 4.79 Å². The van der Waals surface area contributed by atoms with Crippen LogP contribution in [-0.2, 0) is 0 Å². The predicted octanol–water partition coefficient (Wildman–Crippen LogP) is 0.925. The van der Waals surface area contributed by atoms with Crippen molar-refractivity contribution in [2.24, 2.45) is 11.3 Å². The van der Waals surface area contributed by atoms with Gasteiger partial charge < -0.3 is 15.1 Å². The van der Waals surface area contributed by atoms with Crippen LogP contribution in [0.2, 0.25) is 5.22 Å². The lowest BCUT2D eigenvalue weighted by atomic mass is 9.76. The quantitative estimate of drug-likeness (QED) is 0.755. The molecule has 5 heteroatoms. The van der Waals surface area contributed by atoms with E-state index < -0.39 is 0 Å². The zero-order valence-corrected chi connectivity index (χ0v) is 9.51. The minimum Gasteiger partial charge on any atom is -0.442 e. The molecule has 0 aromatic carbocycles. The lowest BCUT2D eigenvalue weighted by molar-refractivity contribution is 0.0773. The molecule has 3 rings (SSSR count). The molecule has 86 valence electrons. The standard InChI is InChI=1S/C11H13ClN2O2/c12-9-2-1-8(16-9)10(15)11-5-13-3-7(11)4-14-6-11/h1-2,7,13-14H,3-6H2. The van der Waals surface area contributed by atoms with Gasteiger partial charge in [-0.1, -0.05) is 0 Å². The van der Waals surface area contributed by atoms with Gasteiger partial charge >= 0.3 is 0 Å². The van der Waals surface area contributed by atoms with Crippen LogP contribution in [0, 0.1) is 11.3 Å². The number of furan rings is 1. The predicted molar refractivity (Wildman–Crippen MR) is 59.7 cm³/mol. The van der Waals surface area contributed by atoms with Crippen molar-refractivity contribution < 1.29 is 9.21 Å². The fourth-order valence-corrected chi connectivity index (χ4v) is 2.93. The molecule has 0 amide bonds. The molecule has 0 spiro atoms. The van der Waals surface area contributed by atoms with Gasteiger partial charge in [0, 0.05) is 26.2 Å². The molecular weight excluding hydrogens is 228 g/mol. The molecule has 2 aliphatic heterocycles. The Morgan fingerprint density at radius 1 is 1.38 bits per heavy atom. The second-order valence-electron chi connectivity index (χ2n) is 4.55. The third-order valence-corrected chi connectivity index (χ3v) is 3.90. The van der Waals surface area contributed by atoms with Crippen molar-refractivity contribution in [1.82, 2.24) is 10.6 Å². The molecule has 2 aliphatic rings. The molecule has 0 atom stereocenters. The number of rotatable bonds is 2. The van der Waals surface area contributed by atoms with E-state index in [-0.39, 0.29) is 16.4 Å². The number of fused-ring (bicyclic) bond motifs is 1. The summed E-state index contributed by atoms with van der Waals surface area (Å²) in [6, 6.07) is 3.28. The molecule has 16 heavy (non-hydrogen) atoms. The molecule has 4 nitrogen and oxygen atoms in total. The van der Waals surface area contributed by atoms with E-state index in [2.05, 4.69) is 10.6 Å². The van der Waals surface area contributed by atoms with Crippen LogP contribution in [0.15, 0.2) is 16.5 Å². The fourth-order valence-electron chi connectivity index (χ4n) is 2.78. The maximum atomic E-state index is 12.4. The minimum atomic E-state index is -0.332. The van der Waals surface area contributed by atoms with Crippen LogP contribution in [0.5, 0.6) is 0 Å². The largest absolute Gasteiger partial charge is 0.442 e. The van der Waals surface area contributed by atoms with Crippen molar-refractivity contribution in [3.05, 3.63) is 23.1 Å². The van der Waals surface area contributed by atoms with Crippen molar-refractivity contribution in [1.29, 1.82) is 0 Å². The van der Waals surface area contributed by atoms with Crippen molar-refractivity contribution >= 4 is 17.4 Å². The van der Waals surface area contributed by atoms with E-state index in [0.29, 0.717) is 11.7 Å². The molecule has 1 aromatic heterocycles. The van der Waals surface area contributed by atoms with Gasteiger partial charge in [-0.15, -0.1) is 0 Å². The molecule has 0 aliphatic carbocycles. The van der Waals surface area contributed by atoms with Crippen LogP contribution in [0.3, 0.4) is 0 Å². The average Bonchev–Trinajstić information content (AvgIpc) is 2.89. The first kappa shape index (κ1) is 10.3. The molecular formula is C11H13ClN2O2. The Kier molecular flexibility index (Phi) is 2.31. The highest BCUT2D eigenvalue weighted by atomic mass is 35.5. The van der Waals surface area contributed by atoms with Gasteiger partial charge in [0.1, 0.15) is 0 Å². The van der Waals surface area contributed by atoms with Crippen LogP contribution >= 0.6 is 11.6 Å². The normalized spacial score (nSPS) is 32.9. The minimum absolute atomic E-state index is 0.0689. The molecule has 2 N–H and O–H groups in total. The summed E-state index contributed by atoms with van der Waals surface area (Å²) in [7, 11) is 0. The van der Waals surface area contributed by atoms with E-state index >= 15 is 0 Å². The summed E-state index contributed by atoms with van der Waals surface area (Å²) in [6.07, 6.45) is 0. The fraction of sp³-hybridized carbons (Fsp3) is 0.545. The van der Waals surface area contributed by atoms with Crippen LogP contribution in [0.25, 0.3) is 0 Å². The number of ketones is 1. The number of nitrogens with one attached hydrogen (secondary N) is 2. The Labute approximate surface area is 98.3 Å². The summed E-state index contributed by atoms with van der Waals surface area (Å²) in [6.45, 7) is 3.24. The Morgan fingerprint density at radius 3 is 2.62 bits per heavy atom. The van der Waals surface area contributed by atoms with Gasteiger partial charge in [-0.25, -0.2) is 0 Å². The second kappa shape index (κ2) is 3.58. The van der Waals surface area contributed by atoms with Gasteiger partial charge in [0.25, 0.3) is 0 Å². The molecule has 0 radical (unpaired) electrons. The van der Waals surface area contributed by atoms with Crippen molar-refractivity contribution in [3.8, 4) is 0 Å². The van der Waals surface area contributed by atoms with E-state index in [1.807, 2.05) is 0 Å². The molecule has 0 saturated carbocycles. The number of carbonyl (C=O) groups is 1. The smallest absolute Gasteiger partial charge is 0.207 e. The molecule has 2 saturated heterocycles. The summed E-state index contributed by atoms with van der Waals surface area (Å²) < 4.78 is 5.22. The molecule has 1 aromatic rings. The first-order valence-corrected chi connectivity index (χ1v) is 5.82. The van der Waals surface area contributed by atoms with Gasteiger partial charge in [-0.3, -0.25) is 4.79 Å². The van der Waals surface area contributed by atoms with E-state index in [4.69, 9.17) is 16.0 Å². The first-order valence-electron chi connectivity index (χ1n) is 5.44. The summed E-state index contributed by atoms with van der Waals surface area (Å²) in [4.78, 5) is 12.4. The van der Waals surface area contributed by atoms with E-state index in [1.54, 1.807) is 12.1 Å². The highest BCUT2D eigenvalue weighted by Crippen LogP contribution is 2.38. The number of carbonyl (C=O) groups excluding carboxylic acids is 1. The number of Topliss-reactive ketones (excluding diaryl/α,β-unsaturated/α-hetero) is 1. The van der Waals surface area contributed by atoms with Crippen molar-refractivity contribution in [3.63, 3.8) is 0 Å². The Morgan fingerprint density at radius 2 is 2.06 bits per heavy atom. The Hall–Kier alpha value is -0.840. The molecule has 2 fully saturated rings. The van der Waals surface area contributed by atoms with Gasteiger partial charge in [0.05, 0.1) is 5.41 Å². The summed E-state index contributed by atoms with van der Waals surface area (Å²) in [5.41, 5.74) is -0.332. The highest BCUT2D eigenvalue weighted by Gasteiger charge is 2.52. The van der Waals surface area contributed by atoms with Crippen LogP contribution in [0.1, 0.15) is 10.6 Å². The monoisotopic (exact) mass is 240 g/mol. The highest BCUT2D eigenvalue weighted by molar-refractivity contribution is 6.29. The van der Waals surface area contributed by atoms with Gasteiger partial charge in [0.15, 0.2) is 11.0 Å². The maximum absolute atomic E-state index is 12.4. The topological polar surface area (TPSA) is 54.3 Å². The maximum Gasteiger partial charge on any atom is 0.207 e. The van der Waals surface area contributed by atoms with E-state index in [1.165, 1.54) is 0 Å². The first-order chi connectivity index (χ1) is 7.72. The summed E-state index contributed by atoms with van der Waals surface area (Å²) >= 11 is 5.70. The SMILES string of the molecule is O=C(c1ccc(Cl)o1)C12CNCC1CNC2. The van der Waals surface area contributed by atoms with Gasteiger partial charge in [-0.05, 0) is 29.7 Å². The number of halogens is 1. The third kappa shape index (κ3) is 1.34. The van der Waals surface area contributed by atoms with Gasteiger partial charge in [-0.2, -0.15) is 0 Å². The number of hydrogen-bond acceptors (Lipinski definition) is 4. The average molecular weight is 241 g/mol. The van der Waals surface area contributed by atoms with Crippen LogP contribution in [0.4, 0.5) is 0 Å². The zero-order chi connectivity index (χ0) is 11.2. The zero-order valence-electron chi connectivity index (χ0n) is 8.75. The van der Waals surface area contributed by atoms with Crippen LogP contribution in [-0.4, -0.2) is 32.0 Å². The Balaban J connectivity index is 1.94. The third-order valence-electron chi connectivity index (χ3n) is 3.69. The molecule has 3 heterocycles. The van der Waals surface area contributed by atoms with Gasteiger partial charge in [0.2, 0.25) is 5.78 Å². The molecule has 0 unspecified atom stereocenters. The summed E-state index contributed by atoms with van der Waals surface area (Å²) in [5, 5.41) is 6.85. The lowest BCUT2D eigenvalue weighted by Gasteiger charge is -2.24. The van der Waals surface area contributed by atoms with Crippen LogP contribution < -0.4 is 10.6 Å². The van der Waals surface area contributed by atoms with Crippen molar-refractivity contribution in [2.75, 3.05) is 26.2 Å². The summed E-state index contributed by atoms with van der Waals surface area (Å²) in [5.74, 6) is 0.811. The Bertz CT molecular complexity index is 419.